The van der Waals surface area contributed by atoms with Crippen LogP contribution < -0.4 is 5.32 Å². The summed E-state index contributed by atoms with van der Waals surface area (Å²) in [4.78, 5) is 13.2. The molecule has 0 radical (unpaired) electrons. The number of aryl methyl sites for hydroxylation is 1. The predicted molar refractivity (Wildman–Crippen MR) is 72.4 cm³/mol. The van der Waals surface area contributed by atoms with Crippen molar-refractivity contribution in [3.05, 3.63) is 23.2 Å². The zero-order valence-corrected chi connectivity index (χ0v) is 11.6. The number of rotatable bonds is 5. The van der Waals surface area contributed by atoms with Gasteiger partial charge < -0.3 is 19.7 Å². The van der Waals surface area contributed by atoms with Crippen molar-refractivity contribution in [2.75, 3.05) is 20.1 Å². The Balaban J connectivity index is 1.83. The standard InChI is InChI=1S/C14H22N2O3/c1-10-11(7-13(19-10)14(17)18)8-15-9-12-5-3-4-6-16(12)2/h7,12,15H,3-6,8-9H2,1-2H3,(H,17,18). The third kappa shape index (κ3) is 3.58. The molecule has 106 valence electrons. The number of aromatic carboxylic acids is 1. The summed E-state index contributed by atoms with van der Waals surface area (Å²) in [7, 11) is 2.16. The first-order valence-electron chi connectivity index (χ1n) is 6.81. The van der Waals surface area contributed by atoms with E-state index in [-0.39, 0.29) is 5.76 Å². The van der Waals surface area contributed by atoms with Crippen LogP contribution in [-0.2, 0) is 6.54 Å². The Kier molecular flexibility index (Phi) is 4.61. The van der Waals surface area contributed by atoms with Gasteiger partial charge in [-0.3, -0.25) is 0 Å². The number of furan rings is 1. The van der Waals surface area contributed by atoms with E-state index in [1.165, 1.54) is 25.8 Å². The highest BCUT2D eigenvalue weighted by molar-refractivity contribution is 5.84. The van der Waals surface area contributed by atoms with Crippen molar-refractivity contribution in [3.8, 4) is 0 Å². The Bertz CT molecular complexity index is 442. The van der Waals surface area contributed by atoms with Gasteiger partial charge >= 0.3 is 5.97 Å². The minimum Gasteiger partial charge on any atom is -0.475 e. The Labute approximate surface area is 113 Å². The van der Waals surface area contributed by atoms with E-state index in [1.54, 1.807) is 13.0 Å². The monoisotopic (exact) mass is 266 g/mol. The maximum Gasteiger partial charge on any atom is 0.371 e. The van der Waals surface area contributed by atoms with Crippen molar-refractivity contribution in [1.29, 1.82) is 0 Å². The number of piperidine rings is 1. The lowest BCUT2D eigenvalue weighted by molar-refractivity contribution is 0.0661. The molecule has 1 aromatic heterocycles. The van der Waals surface area contributed by atoms with Crippen molar-refractivity contribution in [2.45, 2.75) is 38.8 Å². The fraction of sp³-hybridized carbons (Fsp3) is 0.643. The van der Waals surface area contributed by atoms with Crippen LogP contribution in [0.3, 0.4) is 0 Å². The average molecular weight is 266 g/mol. The number of nitrogens with one attached hydrogen (secondary N) is 1. The molecule has 1 saturated heterocycles. The van der Waals surface area contributed by atoms with Gasteiger partial charge in [0.1, 0.15) is 5.76 Å². The van der Waals surface area contributed by atoms with E-state index >= 15 is 0 Å². The molecule has 1 atom stereocenters. The fourth-order valence-electron chi connectivity index (χ4n) is 2.58. The summed E-state index contributed by atoms with van der Waals surface area (Å²) in [6.45, 7) is 4.56. The van der Waals surface area contributed by atoms with Crippen LogP contribution in [-0.4, -0.2) is 42.2 Å². The van der Waals surface area contributed by atoms with Crippen molar-refractivity contribution in [2.24, 2.45) is 0 Å². The minimum absolute atomic E-state index is 0.0177. The number of hydrogen-bond acceptors (Lipinski definition) is 4. The van der Waals surface area contributed by atoms with Crippen LogP contribution in [0.5, 0.6) is 0 Å². The Morgan fingerprint density at radius 2 is 2.37 bits per heavy atom. The number of hydrogen-bond donors (Lipinski definition) is 2. The Morgan fingerprint density at radius 1 is 1.58 bits per heavy atom. The zero-order chi connectivity index (χ0) is 13.8. The van der Waals surface area contributed by atoms with Crippen LogP contribution in [0.4, 0.5) is 0 Å². The van der Waals surface area contributed by atoms with Gasteiger partial charge in [0.05, 0.1) is 0 Å². The molecular weight excluding hydrogens is 244 g/mol. The van der Waals surface area contributed by atoms with E-state index in [0.717, 1.165) is 12.1 Å². The summed E-state index contributed by atoms with van der Waals surface area (Å²) in [6, 6.07) is 2.19. The van der Waals surface area contributed by atoms with E-state index in [2.05, 4.69) is 17.3 Å². The second kappa shape index (κ2) is 6.21. The van der Waals surface area contributed by atoms with Crippen LogP contribution in [0, 0.1) is 6.92 Å². The van der Waals surface area contributed by atoms with E-state index in [1.807, 2.05) is 0 Å². The number of carboxylic acid groups (broad SMARTS) is 1. The molecule has 5 heteroatoms. The molecule has 1 fully saturated rings. The average Bonchev–Trinajstić information content (AvgIpc) is 2.74. The highest BCUT2D eigenvalue weighted by atomic mass is 16.4. The maximum absolute atomic E-state index is 10.8. The quantitative estimate of drug-likeness (QED) is 0.851. The van der Waals surface area contributed by atoms with Crippen LogP contribution in [0.15, 0.2) is 10.5 Å². The number of likely N-dealkylation sites (N-methyl/N-ethyl adjacent to an activating group) is 1. The highest BCUT2D eigenvalue weighted by Gasteiger charge is 2.18. The van der Waals surface area contributed by atoms with Gasteiger partial charge in [0.25, 0.3) is 0 Å². The number of likely N-dealkylation sites (tertiary alicyclic amines) is 1. The van der Waals surface area contributed by atoms with Gasteiger partial charge in [0, 0.05) is 24.7 Å². The van der Waals surface area contributed by atoms with Gasteiger partial charge in [-0.1, -0.05) is 6.42 Å². The molecule has 0 saturated carbocycles. The van der Waals surface area contributed by atoms with Crippen LogP contribution in [0.25, 0.3) is 0 Å². The molecule has 2 heterocycles. The van der Waals surface area contributed by atoms with Crippen LogP contribution >= 0.6 is 0 Å². The normalized spacial score (nSPS) is 20.6. The SMILES string of the molecule is Cc1oc(C(=O)O)cc1CNCC1CCCCN1C. The summed E-state index contributed by atoms with van der Waals surface area (Å²) in [5.74, 6) is -0.313. The van der Waals surface area contributed by atoms with E-state index in [0.29, 0.717) is 18.3 Å². The smallest absolute Gasteiger partial charge is 0.371 e. The molecule has 0 spiro atoms. The summed E-state index contributed by atoms with van der Waals surface area (Å²) < 4.78 is 5.19. The van der Waals surface area contributed by atoms with Crippen molar-refractivity contribution >= 4 is 5.97 Å². The Hall–Kier alpha value is -1.33. The molecule has 1 unspecified atom stereocenters. The lowest BCUT2D eigenvalue weighted by atomic mass is 10.0. The molecule has 1 aromatic rings. The summed E-state index contributed by atoms with van der Waals surface area (Å²) in [5.41, 5.74) is 0.927. The lowest BCUT2D eigenvalue weighted by Crippen LogP contribution is -2.42. The zero-order valence-electron chi connectivity index (χ0n) is 11.6. The molecule has 0 aliphatic carbocycles. The first-order valence-corrected chi connectivity index (χ1v) is 6.81. The molecule has 1 aliphatic rings. The van der Waals surface area contributed by atoms with Gasteiger partial charge in [-0.25, -0.2) is 4.79 Å². The fourth-order valence-corrected chi connectivity index (χ4v) is 2.58. The Morgan fingerprint density at radius 3 is 3.00 bits per heavy atom. The number of carboxylic acids is 1. The van der Waals surface area contributed by atoms with Gasteiger partial charge in [-0.05, 0) is 39.4 Å². The number of carbonyl (C=O) groups is 1. The molecule has 1 aliphatic heterocycles. The van der Waals surface area contributed by atoms with E-state index in [4.69, 9.17) is 9.52 Å². The number of nitrogens with zero attached hydrogens (tertiary/aromatic N) is 1. The minimum atomic E-state index is -1.01. The largest absolute Gasteiger partial charge is 0.475 e. The van der Waals surface area contributed by atoms with Gasteiger partial charge in [-0.2, -0.15) is 0 Å². The van der Waals surface area contributed by atoms with Crippen LogP contribution in [0.1, 0.15) is 41.1 Å². The molecule has 0 amide bonds. The molecule has 0 bridgehead atoms. The molecular formula is C14H22N2O3. The second-order valence-corrected chi connectivity index (χ2v) is 5.26. The first-order chi connectivity index (χ1) is 9.08. The molecule has 19 heavy (non-hydrogen) atoms. The first kappa shape index (κ1) is 14.1. The topological polar surface area (TPSA) is 65.7 Å². The third-order valence-electron chi connectivity index (χ3n) is 3.85. The second-order valence-electron chi connectivity index (χ2n) is 5.26. The lowest BCUT2D eigenvalue weighted by Gasteiger charge is -2.32. The summed E-state index contributed by atoms with van der Waals surface area (Å²) >= 11 is 0. The summed E-state index contributed by atoms with van der Waals surface area (Å²) in [5, 5.41) is 12.3. The van der Waals surface area contributed by atoms with Crippen LogP contribution in [0.2, 0.25) is 0 Å². The summed E-state index contributed by atoms with van der Waals surface area (Å²) in [6.07, 6.45) is 3.81. The predicted octanol–water partition coefficient (Wildman–Crippen LogP) is 1.86. The molecule has 0 aromatic carbocycles. The van der Waals surface area contributed by atoms with Gasteiger partial charge in [0.2, 0.25) is 5.76 Å². The van der Waals surface area contributed by atoms with E-state index < -0.39 is 5.97 Å². The van der Waals surface area contributed by atoms with Crippen molar-refractivity contribution in [3.63, 3.8) is 0 Å². The third-order valence-corrected chi connectivity index (χ3v) is 3.85. The molecule has 5 nitrogen and oxygen atoms in total. The van der Waals surface area contributed by atoms with Crippen molar-refractivity contribution in [1.82, 2.24) is 10.2 Å². The van der Waals surface area contributed by atoms with Crippen molar-refractivity contribution < 1.29 is 14.3 Å². The van der Waals surface area contributed by atoms with Gasteiger partial charge in [0.15, 0.2) is 0 Å². The molecule has 2 rings (SSSR count). The molecule has 2 N–H and O–H groups in total. The highest BCUT2D eigenvalue weighted by Crippen LogP contribution is 2.16. The maximum atomic E-state index is 10.8. The van der Waals surface area contributed by atoms with Gasteiger partial charge in [-0.15, -0.1) is 0 Å². The van der Waals surface area contributed by atoms with E-state index in [9.17, 15) is 4.79 Å².